The van der Waals surface area contributed by atoms with Crippen molar-refractivity contribution in [2.75, 3.05) is 14.2 Å². The van der Waals surface area contributed by atoms with E-state index in [-0.39, 0.29) is 0 Å². The summed E-state index contributed by atoms with van der Waals surface area (Å²) in [5.74, 6) is -6.35. The number of carbonyl (C=O) groups excluding carboxylic acids is 1. The molecule has 0 radical (unpaired) electrons. The molecule has 6 heteroatoms. The van der Waals surface area contributed by atoms with E-state index in [1.807, 2.05) is 0 Å². The topological polar surface area (TPSA) is 35.5 Å². The van der Waals surface area contributed by atoms with Gasteiger partial charge in [0.25, 0.3) is 0 Å². The van der Waals surface area contributed by atoms with E-state index in [2.05, 4.69) is 9.47 Å². The molecule has 0 aliphatic heterocycles. The molecule has 0 bridgehead atoms. The van der Waals surface area contributed by atoms with Crippen LogP contribution in [-0.4, -0.2) is 20.2 Å². The lowest BCUT2D eigenvalue weighted by atomic mass is 10.1. The summed E-state index contributed by atoms with van der Waals surface area (Å²) >= 11 is 0. The highest BCUT2D eigenvalue weighted by Crippen LogP contribution is 2.26. The van der Waals surface area contributed by atoms with Gasteiger partial charge in [-0.15, -0.1) is 0 Å². The number of carbonyl (C=O) groups is 1. The van der Waals surface area contributed by atoms with E-state index in [0.717, 1.165) is 14.2 Å². The Morgan fingerprint density at radius 3 is 2.27 bits per heavy atom. The largest absolute Gasteiger partial charge is 0.496 e. The van der Waals surface area contributed by atoms with Crippen molar-refractivity contribution in [3.8, 4) is 5.75 Å². The third-order valence-corrected chi connectivity index (χ3v) is 1.74. The molecular formula is C9H7F3O3. The molecule has 0 aliphatic carbocycles. The molecule has 0 atom stereocenters. The summed E-state index contributed by atoms with van der Waals surface area (Å²) in [5.41, 5.74) is -0.765. The zero-order valence-corrected chi connectivity index (χ0v) is 7.94. The Hall–Kier alpha value is -1.72. The smallest absolute Gasteiger partial charge is 0.344 e. The average Bonchev–Trinajstić information content (AvgIpc) is 2.24. The van der Waals surface area contributed by atoms with Crippen molar-refractivity contribution in [2.45, 2.75) is 0 Å². The Labute approximate surface area is 83.4 Å². The Morgan fingerprint density at radius 2 is 1.80 bits per heavy atom. The average molecular weight is 220 g/mol. The van der Waals surface area contributed by atoms with Crippen LogP contribution in [-0.2, 0) is 4.74 Å². The molecule has 3 nitrogen and oxygen atoms in total. The van der Waals surface area contributed by atoms with E-state index in [0.29, 0.717) is 6.07 Å². The highest BCUT2D eigenvalue weighted by molar-refractivity contribution is 5.92. The SMILES string of the molecule is COC(=O)c1c(OC)cc(F)c(F)c1F. The molecular weight excluding hydrogens is 213 g/mol. The van der Waals surface area contributed by atoms with Gasteiger partial charge in [-0.1, -0.05) is 0 Å². The Kier molecular flexibility index (Phi) is 3.18. The zero-order valence-electron chi connectivity index (χ0n) is 7.94. The van der Waals surface area contributed by atoms with Crippen molar-refractivity contribution in [3.63, 3.8) is 0 Å². The molecule has 0 N–H and O–H groups in total. The number of methoxy groups -OCH3 is 2. The molecule has 0 spiro atoms. The molecule has 0 heterocycles. The second kappa shape index (κ2) is 4.20. The van der Waals surface area contributed by atoms with Crippen LogP contribution < -0.4 is 4.74 Å². The van der Waals surface area contributed by atoms with Crippen LogP contribution in [0.25, 0.3) is 0 Å². The van der Waals surface area contributed by atoms with Gasteiger partial charge in [-0.25, -0.2) is 18.0 Å². The van der Waals surface area contributed by atoms with Crippen molar-refractivity contribution < 1.29 is 27.4 Å². The standard InChI is InChI=1S/C9H7F3O3/c1-14-5-3-4(10)7(11)8(12)6(5)9(13)15-2/h3H,1-2H3. The van der Waals surface area contributed by atoms with Gasteiger partial charge >= 0.3 is 5.97 Å². The monoisotopic (exact) mass is 220 g/mol. The maximum absolute atomic E-state index is 13.2. The molecule has 15 heavy (non-hydrogen) atoms. The normalized spacial score (nSPS) is 9.93. The molecule has 1 aromatic rings. The predicted octanol–water partition coefficient (Wildman–Crippen LogP) is 1.90. The summed E-state index contributed by atoms with van der Waals surface area (Å²) in [7, 11) is 2.08. The van der Waals surface area contributed by atoms with Gasteiger partial charge < -0.3 is 9.47 Å². The molecule has 0 saturated carbocycles. The van der Waals surface area contributed by atoms with Crippen molar-refractivity contribution in [3.05, 3.63) is 29.1 Å². The second-order valence-corrected chi connectivity index (χ2v) is 2.56. The molecule has 1 aromatic carbocycles. The highest BCUT2D eigenvalue weighted by Gasteiger charge is 2.25. The van der Waals surface area contributed by atoms with E-state index in [1.54, 1.807) is 0 Å². The Morgan fingerprint density at radius 1 is 1.20 bits per heavy atom. The van der Waals surface area contributed by atoms with E-state index in [1.165, 1.54) is 0 Å². The van der Waals surface area contributed by atoms with Crippen LogP contribution in [0.5, 0.6) is 5.75 Å². The van der Waals surface area contributed by atoms with Gasteiger partial charge in [-0.3, -0.25) is 0 Å². The number of rotatable bonds is 2. The number of benzene rings is 1. The van der Waals surface area contributed by atoms with E-state index >= 15 is 0 Å². The molecule has 0 amide bonds. The van der Waals surface area contributed by atoms with Gasteiger partial charge in [0, 0.05) is 6.07 Å². The minimum absolute atomic E-state index is 0.418. The van der Waals surface area contributed by atoms with Crippen LogP contribution in [0, 0.1) is 17.5 Å². The van der Waals surface area contributed by atoms with Gasteiger partial charge in [0.15, 0.2) is 17.5 Å². The van der Waals surface area contributed by atoms with Gasteiger partial charge in [-0.2, -0.15) is 0 Å². The fraction of sp³-hybridized carbons (Fsp3) is 0.222. The number of ether oxygens (including phenoxy) is 2. The fourth-order valence-corrected chi connectivity index (χ4v) is 1.03. The van der Waals surface area contributed by atoms with Gasteiger partial charge in [0.1, 0.15) is 11.3 Å². The van der Waals surface area contributed by atoms with E-state index in [9.17, 15) is 18.0 Å². The summed E-state index contributed by atoms with van der Waals surface area (Å²) in [6, 6.07) is 0.574. The predicted molar refractivity (Wildman–Crippen MR) is 44.2 cm³/mol. The first kappa shape index (κ1) is 11.4. The number of hydrogen-bond donors (Lipinski definition) is 0. The van der Waals surface area contributed by atoms with Crippen LogP contribution in [0.3, 0.4) is 0 Å². The molecule has 0 unspecified atom stereocenters. The minimum atomic E-state index is -1.74. The Bertz CT molecular complexity index is 404. The maximum atomic E-state index is 13.2. The first-order valence-corrected chi connectivity index (χ1v) is 3.82. The van der Waals surface area contributed by atoms with Gasteiger partial charge in [-0.05, 0) is 0 Å². The van der Waals surface area contributed by atoms with Crippen LogP contribution >= 0.6 is 0 Å². The quantitative estimate of drug-likeness (QED) is 0.564. The van der Waals surface area contributed by atoms with E-state index in [4.69, 9.17) is 0 Å². The number of esters is 1. The fourth-order valence-electron chi connectivity index (χ4n) is 1.03. The minimum Gasteiger partial charge on any atom is -0.496 e. The number of halogens is 3. The third-order valence-electron chi connectivity index (χ3n) is 1.74. The van der Waals surface area contributed by atoms with Crippen molar-refractivity contribution in [1.82, 2.24) is 0 Å². The molecule has 0 aromatic heterocycles. The second-order valence-electron chi connectivity index (χ2n) is 2.56. The van der Waals surface area contributed by atoms with Crippen LogP contribution in [0.15, 0.2) is 6.07 Å². The Balaban J connectivity index is 3.47. The van der Waals surface area contributed by atoms with Gasteiger partial charge in [0.2, 0.25) is 0 Å². The first-order valence-electron chi connectivity index (χ1n) is 3.82. The zero-order chi connectivity index (χ0) is 11.6. The van der Waals surface area contributed by atoms with E-state index < -0.39 is 34.7 Å². The lowest BCUT2D eigenvalue weighted by Crippen LogP contribution is -2.10. The van der Waals surface area contributed by atoms with Gasteiger partial charge in [0.05, 0.1) is 14.2 Å². The number of hydrogen-bond acceptors (Lipinski definition) is 3. The highest BCUT2D eigenvalue weighted by atomic mass is 19.2. The van der Waals surface area contributed by atoms with Crippen molar-refractivity contribution in [2.24, 2.45) is 0 Å². The van der Waals surface area contributed by atoms with Crippen LogP contribution in [0.4, 0.5) is 13.2 Å². The van der Waals surface area contributed by atoms with Crippen molar-refractivity contribution in [1.29, 1.82) is 0 Å². The summed E-state index contributed by atoms with van der Waals surface area (Å²) in [6.45, 7) is 0. The van der Waals surface area contributed by atoms with Crippen molar-refractivity contribution >= 4 is 5.97 Å². The van der Waals surface area contributed by atoms with Crippen LogP contribution in [0.2, 0.25) is 0 Å². The third kappa shape index (κ3) is 1.88. The first-order chi connectivity index (χ1) is 7.02. The summed E-state index contributed by atoms with van der Waals surface area (Å²) in [5, 5.41) is 0. The molecule has 0 saturated heterocycles. The lowest BCUT2D eigenvalue weighted by Gasteiger charge is -2.08. The summed E-state index contributed by atoms with van der Waals surface area (Å²) < 4.78 is 47.4. The maximum Gasteiger partial charge on any atom is 0.344 e. The summed E-state index contributed by atoms with van der Waals surface area (Å²) in [4.78, 5) is 11.0. The molecule has 0 fully saturated rings. The van der Waals surface area contributed by atoms with Crippen LogP contribution in [0.1, 0.15) is 10.4 Å². The summed E-state index contributed by atoms with van der Waals surface area (Å²) in [6.07, 6.45) is 0. The lowest BCUT2D eigenvalue weighted by molar-refractivity contribution is 0.0590. The molecule has 82 valence electrons. The molecule has 1 rings (SSSR count). The molecule has 0 aliphatic rings.